The quantitative estimate of drug-likeness (QED) is 0.683. The van der Waals surface area contributed by atoms with Gasteiger partial charge < -0.3 is 5.32 Å². The van der Waals surface area contributed by atoms with Gasteiger partial charge in [0.15, 0.2) is 0 Å². The fraction of sp³-hybridized carbons (Fsp3) is 0.615. The van der Waals surface area contributed by atoms with Crippen molar-refractivity contribution in [1.82, 2.24) is 15.1 Å². The SMILES string of the molecule is C=CCCC(CC)NCCc1cnn(C)c1. The van der Waals surface area contributed by atoms with Crippen LogP contribution in [0.5, 0.6) is 0 Å². The van der Waals surface area contributed by atoms with Crippen molar-refractivity contribution in [3.8, 4) is 0 Å². The van der Waals surface area contributed by atoms with Crippen LogP contribution in [0.1, 0.15) is 31.7 Å². The fourth-order valence-corrected chi connectivity index (χ4v) is 1.79. The molecule has 16 heavy (non-hydrogen) atoms. The molecular formula is C13H23N3. The lowest BCUT2D eigenvalue weighted by Crippen LogP contribution is -2.30. The van der Waals surface area contributed by atoms with Gasteiger partial charge in [-0.3, -0.25) is 4.68 Å². The van der Waals surface area contributed by atoms with Gasteiger partial charge in [-0.15, -0.1) is 6.58 Å². The first-order chi connectivity index (χ1) is 7.76. The maximum atomic E-state index is 4.16. The van der Waals surface area contributed by atoms with Crippen LogP contribution in [-0.4, -0.2) is 22.4 Å². The number of nitrogens with zero attached hydrogens (tertiary/aromatic N) is 2. The minimum Gasteiger partial charge on any atom is -0.314 e. The molecule has 0 aromatic carbocycles. The van der Waals surface area contributed by atoms with E-state index in [1.54, 1.807) is 0 Å². The highest BCUT2D eigenvalue weighted by atomic mass is 15.2. The summed E-state index contributed by atoms with van der Waals surface area (Å²) in [5.41, 5.74) is 1.30. The molecule has 0 aliphatic carbocycles. The van der Waals surface area contributed by atoms with E-state index < -0.39 is 0 Å². The van der Waals surface area contributed by atoms with Crippen molar-refractivity contribution in [1.29, 1.82) is 0 Å². The molecule has 3 heteroatoms. The second-order valence-corrected chi connectivity index (χ2v) is 4.20. The Morgan fingerprint density at radius 3 is 3.00 bits per heavy atom. The third-order valence-electron chi connectivity index (χ3n) is 2.82. The number of hydrogen-bond acceptors (Lipinski definition) is 2. The summed E-state index contributed by atoms with van der Waals surface area (Å²) >= 11 is 0. The van der Waals surface area contributed by atoms with Crippen LogP contribution in [0.3, 0.4) is 0 Å². The van der Waals surface area contributed by atoms with Crippen molar-refractivity contribution in [3.05, 3.63) is 30.6 Å². The molecule has 1 unspecified atom stereocenters. The molecule has 3 nitrogen and oxygen atoms in total. The lowest BCUT2D eigenvalue weighted by Gasteiger charge is -2.15. The molecule has 0 saturated heterocycles. The predicted molar refractivity (Wildman–Crippen MR) is 68.4 cm³/mol. The maximum Gasteiger partial charge on any atom is 0.0522 e. The normalized spacial score (nSPS) is 12.6. The second kappa shape index (κ2) is 7.23. The number of aromatic nitrogens is 2. The molecule has 0 fully saturated rings. The topological polar surface area (TPSA) is 29.9 Å². The molecule has 1 rings (SSSR count). The summed E-state index contributed by atoms with van der Waals surface area (Å²) in [7, 11) is 1.95. The van der Waals surface area contributed by atoms with Crippen LogP contribution in [0.25, 0.3) is 0 Å². The lowest BCUT2D eigenvalue weighted by atomic mass is 10.1. The molecule has 0 amide bonds. The highest BCUT2D eigenvalue weighted by molar-refractivity contribution is 5.03. The fourth-order valence-electron chi connectivity index (χ4n) is 1.79. The summed E-state index contributed by atoms with van der Waals surface area (Å²) in [5, 5.41) is 7.74. The van der Waals surface area contributed by atoms with E-state index in [4.69, 9.17) is 0 Å². The number of rotatable bonds is 8. The van der Waals surface area contributed by atoms with Gasteiger partial charge in [0.25, 0.3) is 0 Å². The Morgan fingerprint density at radius 1 is 1.62 bits per heavy atom. The van der Waals surface area contributed by atoms with Crippen molar-refractivity contribution >= 4 is 0 Å². The minimum absolute atomic E-state index is 0.620. The maximum absolute atomic E-state index is 4.16. The molecule has 1 aromatic rings. The second-order valence-electron chi connectivity index (χ2n) is 4.20. The van der Waals surface area contributed by atoms with E-state index in [1.165, 1.54) is 18.4 Å². The highest BCUT2D eigenvalue weighted by Gasteiger charge is 2.04. The molecule has 1 N–H and O–H groups in total. The summed E-state index contributed by atoms with van der Waals surface area (Å²) < 4.78 is 1.85. The number of nitrogens with one attached hydrogen (secondary N) is 1. The van der Waals surface area contributed by atoms with E-state index in [0.717, 1.165) is 19.4 Å². The molecule has 0 radical (unpaired) electrons. The van der Waals surface area contributed by atoms with Gasteiger partial charge in [0, 0.05) is 19.3 Å². The van der Waals surface area contributed by atoms with Crippen LogP contribution in [0, 0.1) is 0 Å². The van der Waals surface area contributed by atoms with E-state index in [-0.39, 0.29) is 0 Å². The first-order valence-electron chi connectivity index (χ1n) is 6.08. The average molecular weight is 221 g/mol. The molecule has 1 atom stereocenters. The summed E-state index contributed by atoms with van der Waals surface area (Å²) in [4.78, 5) is 0. The standard InChI is InChI=1S/C13H23N3/c1-4-6-7-13(5-2)14-9-8-12-10-15-16(3)11-12/h4,10-11,13-14H,1,5-9H2,2-3H3. The van der Waals surface area contributed by atoms with Crippen LogP contribution >= 0.6 is 0 Å². The minimum atomic E-state index is 0.620. The van der Waals surface area contributed by atoms with Crippen molar-refractivity contribution < 1.29 is 0 Å². The number of allylic oxidation sites excluding steroid dienone is 1. The van der Waals surface area contributed by atoms with Crippen LogP contribution in [-0.2, 0) is 13.5 Å². The number of hydrogen-bond donors (Lipinski definition) is 1. The van der Waals surface area contributed by atoms with Crippen LogP contribution in [0.4, 0.5) is 0 Å². The molecule has 0 bridgehead atoms. The zero-order valence-corrected chi connectivity index (χ0v) is 10.4. The average Bonchev–Trinajstić information content (AvgIpc) is 2.69. The van der Waals surface area contributed by atoms with Gasteiger partial charge in [-0.25, -0.2) is 0 Å². The smallest absolute Gasteiger partial charge is 0.0522 e. The monoisotopic (exact) mass is 221 g/mol. The van der Waals surface area contributed by atoms with Crippen molar-refractivity contribution in [2.45, 2.75) is 38.6 Å². The predicted octanol–water partition coefficient (Wildman–Crippen LogP) is 2.30. The Bertz CT molecular complexity index is 304. The Morgan fingerprint density at radius 2 is 2.44 bits per heavy atom. The van der Waals surface area contributed by atoms with Gasteiger partial charge in [-0.05, 0) is 37.8 Å². The number of aryl methyl sites for hydroxylation is 1. The third kappa shape index (κ3) is 4.62. The Hall–Kier alpha value is -1.09. The first kappa shape index (κ1) is 13.0. The van der Waals surface area contributed by atoms with Crippen molar-refractivity contribution in [2.75, 3.05) is 6.54 Å². The third-order valence-corrected chi connectivity index (χ3v) is 2.82. The van der Waals surface area contributed by atoms with Gasteiger partial charge in [0.1, 0.15) is 0 Å². The van der Waals surface area contributed by atoms with Gasteiger partial charge in [0.05, 0.1) is 6.20 Å². The van der Waals surface area contributed by atoms with Crippen molar-refractivity contribution in [3.63, 3.8) is 0 Å². The molecule has 0 aliphatic heterocycles. The Labute approximate surface area is 98.5 Å². The molecule has 0 spiro atoms. The lowest BCUT2D eigenvalue weighted by molar-refractivity contribution is 0.474. The summed E-state index contributed by atoms with van der Waals surface area (Å²) in [5.74, 6) is 0. The van der Waals surface area contributed by atoms with E-state index in [0.29, 0.717) is 6.04 Å². The molecule has 1 aromatic heterocycles. The summed E-state index contributed by atoms with van der Waals surface area (Å²) in [6, 6.07) is 0.620. The molecule has 0 aliphatic rings. The van der Waals surface area contributed by atoms with Gasteiger partial charge in [-0.1, -0.05) is 13.0 Å². The molecule has 90 valence electrons. The van der Waals surface area contributed by atoms with E-state index in [1.807, 2.05) is 24.0 Å². The van der Waals surface area contributed by atoms with Gasteiger partial charge >= 0.3 is 0 Å². The summed E-state index contributed by atoms with van der Waals surface area (Å²) in [6.45, 7) is 7.01. The van der Waals surface area contributed by atoms with Crippen LogP contribution < -0.4 is 5.32 Å². The zero-order valence-electron chi connectivity index (χ0n) is 10.4. The Balaban J connectivity index is 2.20. The van der Waals surface area contributed by atoms with E-state index in [2.05, 4.69) is 30.1 Å². The van der Waals surface area contributed by atoms with Gasteiger partial charge in [-0.2, -0.15) is 5.10 Å². The summed E-state index contributed by atoms with van der Waals surface area (Å²) in [6.07, 6.45) is 10.5. The van der Waals surface area contributed by atoms with Crippen LogP contribution in [0.2, 0.25) is 0 Å². The van der Waals surface area contributed by atoms with E-state index in [9.17, 15) is 0 Å². The van der Waals surface area contributed by atoms with E-state index >= 15 is 0 Å². The van der Waals surface area contributed by atoms with Gasteiger partial charge in [0.2, 0.25) is 0 Å². The zero-order chi connectivity index (χ0) is 11.8. The molecular weight excluding hydrogens is 198 g/mol. The van der Waals surface area contributed by atoms with Crippen LogP contribution in [0.15, 0.2) is 25.0 Å². The molecule has 0 saturated carbocycles. The van der Waals surface area contributed by atoms with Crippen molar-refractivity contribution in [2.24, 2.45) is 7.05 Å². The first-order valence-corrected chi connectivity index (χ1v) is 6.08. The molecule has 1 heterocycles. The Kier molecular flexibility index (Phi) is 5.86. The highest BCUT2D eigenvalue weighted by Crippen LogP contribution is 2.03. The largest absolute Gasteiger partial charge is 0.314 e.